The zero-order valence-corrected chi connectivity index (χ0v) is 15.0. The number of fused-ring (bicyclic) bond motifs is 1. The highest BCUT2D eigenvalue weighted by molar-refractivity contribution is 5.73. The quantitative estimate of drug-likeness (QED) is 0.729. The van der Waals surface area contributed by atoms with Crippen LogP contribution in [0, 0.1) is 11.3 Å². The third-order valence-electron chi connectivity index (χ3n) is 4.09. The van der Waals surface area contributed by atoms with Crippen LogP contribution in [0.25, 0.3) is 0 Å². The van der Waals surface area contributed by atoms with E-state index in [9.17, 15) is 23.2 Å². The molecule has 0 amide bonds. The molecular formula is C18H15F3N4O4. The van der Waals surface area contributed by atoms with E-state index in [1.54, 1.807) is 6.92 Å². The number of halogens is 3. The van der Waals surface area contributed by atoms with E-state index in [4.69, 9.17) is 15.2 Å². The lowest BCUT2D eigenvalue weighted by molar-refractivity contribution is -0.274. The van der Waals surface area contributed by atoms with Gasteiger partial charge in [0.05, 0.1) is 30.2 Å². The summed E-state index contributed by atoms with van der Waals surface area (Å²) in [6, 6.07) is 6.93. The lowest BCUT2D eigenvalue weighted by Crippen LogP contribution is -2.22. The first-order valence-electron chi connectivity index (χ1n) is 8.39. The van der Waals surface area contributed by atoms with Crippen molar-refractivity contribution in [2.45, 2.75) is 25.6 Å². The van der Waals surface area contributed by atoms with Crippen LogP contribution in [0.3, 0.4) is 0 Å². The number of nitrogens with two attached hydrogens (primary N) is 1. The van der Waals surface area contributed by atoms with Gasteiger partial charge in [0.2, 0.25) is 11.8 Å². The van der Waals surface area contributed by atoms with Crippen LogP contribution in [0.15, 0.2) is 35.7 Å². The Morgan fingerprint density at radius 2 is 2.07 bits per heavy atom. The van der Waals surface area contributed by atoms with Crippen molar-refractivity contribution in [2.24, 2.45) is 5.73 Å². The van der Waals surface area contributed by atoms with Crippen molar-refractivity contribution in [1.82, 2.24) is 10.2 Å². The molecule has 1 aliphatic rings. The molecule has 8 nitrogen and oxygen atoms in total. The van der Waals surface area contributed by atoms with E-state index >= 15 is 0 Å². The van der Waals surface area contributed by atoms with Crippen LogP contribution in [-0.2, 0) is 16.0 Å². The van der Waals surface area contributed by atoms with E-state index in [1.807, 2.05) is 6.07 Å². The fraction of sp³-hybridized carbons (Fsp3) is 0.278. The van der Waals surface area contributed by atoms with Crippen LogP contribution in [0.4, 0.5) is 13.2 Å². The average molecular weight is 408 g/mol. The fourth-order valence-electron chi connectivity index (χ4n) is 3.00. The van der Waals surface area contributed by atoms with E-state index in [2.05, 4.69) is 14.9 Å². The van der Waals surface area contributed by atoms with Gasteiger partial charge in [-0.05, 0) is 24.6 Å². The van der Waals surface area contributed by atoms with Crippen LogP contribution < -0.4 is 15.2 Å². The van der Waals surface area contributed by atoms with Crippen LogP contribution in [0.1, 0.15) is 29.7 Å². The molecule has 3 rings (SSSR count). The number of nitriles is 1. The number of carbonyl (C=O) groups excluding carboxylic acids is 1. The summed E-state index contributed by atoms with van der Waals surface area (Å²) in [6.45, 7) is 1.85. The first-order chi connectivity index (χ1) is 13.7. The molecule has 0 unspecified atom stereocenters. The van der Waals surface area contributed by atoms with Gasteiger partial charge >= 0.3 is 12.3 Å². The third kappa shape index (κ3) is 4.26. The third-order valence-corrected chi connectivity index (χ3v) is 4.09. The number of rotatable bonds is 5. The molecule has 152 valence electrons. The largest absolute Gasteiger partial charge is 0.573 e. The maximum absolute atomic E-state index is 12.4. The van der Waals surface area contributed by atoms with Crippen LogP contribution in [0.2, 0.25) is 0 Å². The number of H-pyrrole nitrogens is 1. The number of hydrogen-bond donors (Lipinski definition) is 2. The Labute approximate surface area is 162 Å². The molecule has 0 bridgehead atoms. The van der Waals surface area contributed by atoms with Crippen LogP contribution in [-0.4, -0.2) is 29.1 Å². The number of carbonyl (C=O) groups is 1. The maximum Gasteiger partial charge on any atom is 0.573 e. The normalized spacial score (nSPS) is 15.9. The zero-order chi connectivity index (χ0) is 21.2. The second-order valence-corrected chi connectivity index (χ2v) is 5.94. The highest BCUT2D eigenvalue weighted by Gasteiger charge is 2.36. The molecule has 1 aliphatic heterocycles. The lowest BCUT2D eigenvalue weighted by atomic mass is 9.83. The Kier molecular flexibility index (Phi) is 5.36. The molecule has 3 N–H and O–H groups in total. The van der Waals surface area contributed by atoms with Crippen LogP contribution >= 0.6 is 0 Å². The number of benzene rings is 1. The Morgan fingerprint density at radius 3 is 2.66 bits per heavy atom. The predicted octanol–water partition coefficient (Wildman–Crippen LogP) is 2.63. The number of hydrogen-bond acceptors (Lipinski definition) is 7. The van der Waals surface area contributed by atoms with Gasteiger partial charge in [-0.1, -0.05) is 12.1 Å². The molecule has 0 radical (unpaired) electrons. The molecule has 11 heteroatoms. The van der Waals surface area contributed by atoms with Gasteiger partial charge in [0, 0.05) is 0 Å². The number of nitrogens with zero attached hydrogens (tertiary/aromatic N) is 2. The van der Waals surface area contributed by atoms with Gasteiger partial charge in [-0.25, -0.2) is 0 Å². The minimum atomic E-state index is -4.83. The van der Waals surface area contributed by atoms with E-state index in [1.165, 1.54) is 12.1 Å². The maximum atomic E-state index is 12.4. The van der Waals surface area contributed by atoms with Crippen molar-refractivity contribution in [3.8, 4) is 17.7 Å². The minimum Gasteiger partial charge on any atom is -0.466 e. The van der Waals surface area contributed by atoms with Gasteiger partial charge in [0.25, 0.3) is 0 Å². The summed E-state index contributed by atoms with van der Waals surface area (Å²) < 4.78 is 51.4. The van der Waals surface area contributed by atoms with Gasteiger partial charge in [0.15, 0.2) is 0 Å². The van der Waals surface area contributed by atoms with Crippen molar-refractivity contribution < 1.29 is 32.2 Å². The molecule has 0 saturated carbocycles. The number of nitrogens with one attached hydrogen (secondary N) is 1. The molecule has 0 saturated heterocycles. The van der Waals surface area contributed by atoms with Crippen LogP contribution in [0.5, 0.6) is 11.6 Å². The van der Waals surface area contributed by atoms with Gasteiger partial charge in [-0.15, -0.1) is 18.3 Å². The number of allylic oxidation sites excluding steroid dienone is 1. The molecule has 29 heavy (non-hydrogen) atoms. The number of alkyl halides is 3. The monoisotopic (exact) mass is 408 g/mol. The molecule has 2 heterocycles. The average Bonchev–Trinajstić information content (AvgIpc) is 3.02. The highest BCUT2D eigenvalue weighted by Crippen LogP contribution is 2.43. The standard InChI is InChI=1S/C18H15F3N4O4/c1-2-27-13(26)7-12-15-14(11(8-22)16(23)28-17(15)25-24-12)9-3-5-10(6-4-9)29-18(19,20)21/h3-6,14H,2,7,23H2,1H3,(H,24,25)/t14-/m0/s1. The molecule has 1 aromatic carbocycles. The highest BCUT2D eigenvalue weighted by atomic mass is 19.4. The van der Waals surface area contributed by atoms with E-state index < -0.39 is 24.0 Å². The number of aromatic nitrogens is 2. The van der Waals surface area contributed by atoms with Crippen molar-refractivity contribution >= 4 is 5.97 Å². The zero-order valence-electron chi connectivity index (χ0n) is 15.0. The molecule has 0 spiro atoms. The summed E-state index contributed by atoms with van der Waals surface area (Å²) >= 11 is 0. The summed E-state index contributed by atoms with van der Waals surface area (Å²) in [6.07, 6.45) is -4.99. The Morgan fingerprint density at radius 1 is 1.38 bits per heavy atom. The van der Waals surface area contributed by atoms with Crippen molar-refractivity contribution in [2.75, 3.05) is 6.61 Å². The Hall–Kier alpha value is -3.68. The first-order valence-corrected chi connectivity index (χ1v) is 8.39. The number of ether oxygens (including phenoxy) is 3. The topological polar surface area (TPSA) is 123 Å². The number of esters is 1. The summed E-state index contributed by atoms with van der Waals surface area (Å²) in [7, 11) is 0. The SMILES string of the molecule is CCOC(=O)Cc1[nH]nc2c1[C@@H](c1ccc(OC(F)(F)F)cc1)C(C#N)=C(N)O2. The Bertz CT molecular complexity index is 990. The summed E-state index contributed by atoms with van der Waals surface area (Å²) in [5.74, 6) is -1.85. The molecule has 1 atom stereocenters. The predicted molar refractivity (Wildman–Crippen MR) is 91.3 cm³/mol. The second kappa shape index (κ2) is 7.75. The van der Waals surface area contributed by atoms with E-state index in [0.29, 0.717) is 16.8 Å². The van der Waals surface area contributed by atoms with Crippen molar-refractivity contribution in [1.29, 1.82) is 5.26 Å². The molecular weight excluding hydrogens is 393 g/mol. The minimum absolute atomic E-state index is 0.0356. The van der Waals surface area contributed by atoms with Gasteiger partial charge < -0.3 is 19.9 Å². The first kappa shape index (κ1) is 20.1. The van der Waals surface area contributed by atoms with E-state index in [-0.39, 0.29) is 30.4 Å². The molecule has 0 fully saturated rings. The molecule has 0 aliphatic carbocycles. The van der Waals surface area contributed by atoms with E-state index in [0.717, 1.165) is 12.1 Å². The fourth-order valence-corrected chi connectivity index (χ4v) is 3.00. The molecule has 1 aromatic heterocycles. The summed E-state index contributed by atoms with van der Waals surface area (Å²) in [5, 5.41) is 16.2. The summed E-state index contributed by atoms with van der Waals surface area (Å²) in [4.78, 5) is 11.9. The van der Waals surface area contributed by atoms with Gasteiger partial charge in [-0.3, -0.25) is 9.89 Å². The van der Waals surface area contributed by atoms with Gasteiger partial charge in [-0.2, -0.15) is 5.26 Å². The summed E-state index contributed by atoms with van der Waals surface area (Å²) in [5.41, 5.74) is 7.02. The van der Waals surface area contributed by atoms with Crippen molar-refractivity contribution in [3.05, 3.63) is 52.5 Å². The Balaban J connectivity index is 2.02. The second-order valence-electron chi connectivity index (χ2n) is 5.94. The van der Waals surface area contributed by atoms with Gasteiger partial charge in [0.1, 0.15) is 17.4 Å². The smallest absolute Gasteiger partial charge is 0.466 e. The number of aromatic amines is 1. The lowest BCUT2D eigenvalue weighted by Gasteiger charge is -2.24. The van der Waals surface area contributed by atoms with Crippen molar-refractivity contribution in [3.63, 3.8) is 0 Å². The molecule has 2 aromatic rings.